The van der Waals surface area contributed by atoms with Crippen LogP contribution < -0.4 is 10.1 Å². The number of rotatable bonds is 7. The van der Waals surface area contributed by atoms with E-state index < -0.39 is 24.5 Å². The van der Waals surface area contributed by atoms with E-state index in [0.717, 1.165) is 18.4 Å². The molecule has 2 heterocycles. The van der Waals surface area contributed by atoms with Crippen LogP contribution in [0.5, 0.6) is 5.75 Å². The number of benzene rings is 1. The summed E-state index contributed by atoms with van der Waals surface area (Å²) < 4.78 is 59.2. The molecular weight excluding hydrogens is 382 g/mol. The predicted octanol–water partition coefficient (Wildman–Crippen LogP) is 4.17. The third-order valence-corrected chi connectivity index (χ3v) is 4.24. The average molecular weight is 395 g/mol. The molecule has 0 unspecified atom stereocenters. The van der Waals surface area contributed by atoms with Crippen molar-refractivity contribution in [2.75, 3.05) is 5.32 Å². The summed E-state index contributed by atoms with van der Waals surface area (Å²) in [7, 11) is 0. The Morgan fingerprint density at radius 2 is 1.82 bits per heavy atom. The van der Waals surface area contributed by atoms with Crippen molar-refractivity contribution in [2.45, 2.75) is 31.4 Å². The fraction of sp³-hybridized carbons (Fsp3) is 0.294. The number of aromatic nitrogens is 4. The first-order valence-electron chi connectivity index (χ1n) is 8.23. The summed E-state index contributed by atoms with van der Waals surface area (Å²) in [4.78, 5) is 8.28. The third kappa shape index (κ3) is 3.73. The highest BCUT2D eigenvalue weighted by atomic mass is 19.3. The molecule has 1 fully saturated rings. The molecule has 0 atom stereocenters. The van der Waals surface area contributed by atoms with Crippen LogP contribution in [-0.4, -0.2) is 26.8 Å². The van der Waals surface area contributed by atoms with E-state index in [-0.39, 0.29) is 17.6 Å². The Morgan fingerprint density at radius 3 is 2.43 bits per heavy atom. The highest BCUT2D eigenvalue weighted by molar-refractivity contribution is 5.51. The molecule has 0 radical (unpaired) electrons. The Hall–Kier alpha value is -3.24. The third-order valence-electron chi connectivity index (χ3n) is 4.24. The van der Waals surface area contributed by atoms with Gasteiger partial charge in [-0.15, -0.1) is 10.2 Å². The fourth-order valence-electron chi connectivity index (χ4n) is 2.74. The summed E-state index contributed by atoms with van der Waals surface area (Å²) in [5.74, 6) is -0.530. The highest BCUT2D eigenvalue weighted by Crippen LogP contribution is 2.48. The van der Waals surface area contributed by atoms with Gasteiger partial charge in [0.25, 0.3) is 11.8 Å². The number of halogens is 4. The maximum atomic E-state index is 12.5. The van der Waals surface area contributed by atoms with Crippen molar-refractivity contribution in [3.05, 3.63) is 48.1 Å². The molecule has 1 saturated carbocycles. The molecular formula is C17H13F4N5O2. The van der Waals surface area contributed by atoms with Gasteiger partial charge in [-0.2, -0.15) is 17.6 Å². The standard InChI is InChI=1S/C17H13F4N5O2/c18-12(19)14-26-25-13(28-14)9-7-22-16(23-8-9)24-17(4-5-17)10-2-1-3-11(6-10)27-15(20)21/h1-3,6-8,12,15H,4-5H2,(H,22,23,24). The topological polar surface area (TPSA) is 86.0 Å². The van der Waals surface area contributed by atoms with E-state index >= 15 is 0 Å². The van der Waals surface area contributed by atoms with Crippen LogP contribution in [0, 0.1) is 0 Å². The molecule has 1 aromatic carbocycles. The van der Waals surface area contributed by atoms with Gasteiger partial charge in [-0.1, -0.05) is 12.1 Å². The van der Waals surface area contributed by atoms with Gasteiger partial charge in [0.15, 0.2) is 0 Å². The Bertz CT molecular complexity index is 960. The normalized spacial score (nSPS) is 15.1. The smallest absolute Gasteiger partial charge is 0.387 e. The minimum atomic E-state index is -2.90. The van der Waals surface area contributed by atoms with Gasteiger partial charge in [0.1, 0.15) is 5.75 Å². The second-order valence-corrected chi connectivity index (χ2v) is 6.15. The van der Waals surface area contributed by atoms with E-state index in [9.17, 15) is 17.6 Å². The van der Waals surface area contributed by atoms with Gasteiger partial charge in [0.05, 0.1) is 11.1 Å². The van der Waals surface area contributed by atoms with Crippen LogP contribution >= 0.6 is 0 Å². The molecule has 2 aromatic heterocycles. The number of nitrogens with zero attached hydrogens (tertiary/aromatic N) is 4. The first kappa shape index (κ1) is 18.1. The second kappa shape index (κ2) is 7.06. The second-order valence-electron chi connectivity index (χ2n) is 6.15. The van der Waals surface area contributed by atoms with Crippen LogP contribution in [0.15, 0.2) is 41.1 Å². The molecule has 0 aliphatic heterocycles. The summed E-state index contributed by atoms with van der Waals surface area (Å²) in [5.41, 5.74) is 0.593. The summed E-state index contributed by atoms with van der Waals surface area (Å²) in [6.07, 6.45) is 1.40. The lowest BCUT2D eigenvalue weighted by Crippen LogP contribution is -2.20. The summed E-state index contributed by atoms with van der Waals surface area (Å²) in [6, 6.07) is 6.44. The lowest BCUT2D eigenvalue weighted by Gasteiger charge is -2.18. The van der Waals surface area contributed by atoms with Gasteiger partial charge >= 0.3 is 13.0 Å². The molecule has 146 valence electrons. The van der Waals surface area contributed by atoms with Gasteiger partial charge in [0.2, 0.25) is 5.95 Å². The molecule has 3 aromatic rings. The Morgan fingerprint density at radius 1 is 1.07 bits per heavy atom. The number of hydrogen-bond acceptors (Lipinski definition) is 7. The van der Waals surface area contributed by atoms with Crippen molar-refractivity contribution < 1.29 is 26.7 Å². The van der Waals surface area contributed by atoms with E-state index in [4.69, 9.17) is 4.42 Å². The lowest BCUT2D eigenvalue weighted by atomic mass is 10.0. The van der Waals surface area contributed by atoms with Crippen molar-refractivity contribution in [1.29, 1.82) is 0 Å². The molecule has 0 saturated heterocycles. The number of anilines is 1. The zero-order valence-corrected chi connectivity index (χ0v) is 14.2. The molecule has 1 aliphatic carbocycles. The van der Waals surface area contributed by atoms with Crippen LogP contribution in [0.2, 0.25) is 0 Å². The van der Waals surface area contributed by atoms with Gasteiger partial charge in [-0.3, -0.25) is 0 Å². The van der Waals surface area contributed by atoms with Gasteiger partial charge in [-0.25, -0.2) is 9.97 Å². The first-order chi connectivity index (χ1) is 13.4. The van der Waals surface area contributed by atoms with E-state index in [1.54, 1.807) is 18.2 Å². The van der Waals surface area contributed by atoms with Gasteiger partial charge in [0, 0.05) is 12.4 Å². The molecule has 0 amide bonds. The number of alkyl halides is 4. The number of nitrogens with one attached hydrogen (secondary N) is 1. The number of ether oxygens (including phenoxy) is 1. The largest absolute Gasteiger partial charge is 0.435 e. The molecule has 1 N–H and O–H groups in total. The molecule has 11 heteroatoms. The van der Waals surface area contributed by atoms with Crippen LogP contribution in [-0.2, 0) is 5.54 Å². The van der Waals surface area contributed by atoms with Crippen molar-refractivity contribution in [2.24, 2.45) is 0 Å². The van der Waals surface area contributed by atoms with Gasteiger partial charge < -0.3 is 14.5 Å². The monoisotopic (exact) mass is 395 g/mol. The maximum absolute atomic E-state index is 12.5. The molecule has 4 rings (SSSR count). The molecule has 1 aliphatic rings. The number of hydrogen-bond donors (Lipinski definition) is 1. The van der Waals surface area contributed by atoms with Crippen LogP contribution in [0.25, 0.3) is 11.5 Å². The van der Waals surface area contributed by atoms with Gasteiger partial charge in [-0.05, 0) is 30.5 Å². The Kier molecular flexibility index (Phi) is 4.57. The first-order valence-corrected chi connectivity index (χ1v) is 8.23. The predicted molar refractivity (Wildman–Crippen MR) is 87.9 cm³/mol. The zero-order chi connectivity index (χ0) is 19.7. The van der Waals surface area contributed by atoms with Crippen molar-refractivity contribution in [3.8, 4) is 17.2 Å². The van der Waals surface area contributed by atoms with Crippen LogP contribution in [0.3, 0.4) is 0 Å². The maximum Gasteiger partial charge on any atom is 0.387 e. The van der Waals surface area contributed by atoms with E-state index in [1.807, 2.05) is 0 Å². The Labute approximate surface area is 155 Å². The van der Waals surface area contributed by atoms with Crippen molar-refractivity contribution in [1.82, 2.24) is 20.2 Å². The minimum Gasteiger partial charge on any atom is -0.435 e. The SMILES string of the molecule is FC(F)Oc1cccc(C2(Nc3ncc(-c4nnc(C(F)F)o4)cn3)CC2)c1. The fourth-order valence-corrected chi connectivity index (χ4v) is 2.74. The molecule has 28 heavy (non-hydrogen) atoms. The lowest BCUT2D eigenvalue weighted by molar-refractivity contribution is -0.0499. The average Bonchev–Trinajstić information content (AvgIpc) is 3.27. The van der Waals surface area contributed by atoms with E-state index in [0.29, 0.717) is 5.56 Å². The van der Waals surface area contributed by atoms with Crippen LogP contribution in [0.1, 0.15) is 30.7 Å². The van der Waals surface area contributed by atoms with Crippen molar-refractivity contribution >= 4 is 5.95 Å². The van der Waals surface area contributed by atoms with E-state index in [2.05, 4.69) is 30.2 Å². The van der Waals surface area contributed by atoms with Crippen LogP contribution in [0.4, 0.5) is 23.5 Å². The minimum absolute atomic E-state index is 0.0723. The summed E-state index contributed by atoms with van der Waals surface area (Å²) in [6.45, 7) is -2.90. The highest BCUT2D eigenvalue weighted by Gasteiger charge is 2.45. The molecule has 0 bridgehead atoms. The van der Waals surface area contributed by atoms with E-state index in [1.165, 1.54) is 18.5 Å². The quantitative estimate of drug-likeness (QED) is 0.601. The van der Waals surface area contributed by atoms with Crippen molar-refractivity contribution in [3.63, 3.8) is 0 Å². The zero-order valence-electron chi connectivity index (χ0n) is 14.2. The Balaban J connectivity index is 1.49. The molecule has 7 nitrogen and oxygen atoms in total. The molecule has 0 spiro atoms. The summed E-state index contributed by atoms with van der Waals surface area (Å²) in [5, 5.41) is 9.96. The summed E-state index contributed by atoms with van der Waals surface area (Å²) >= 11 is 0.